The molecule has 0 saturated heterocycles. The molecule has 0 fully saturated rings. The molecule has 0 unspecified atom stereocenters. The van der Waals surface area contributed by atoms with Crippen molar-refractivity contribution in [2.45, 2.75) is 59.3 Å². The van der Waals surface area contributed by atoms with E-state index in [1.54, 1.807) is 0 Å². The molecular formula is C36H51F3N6O6. The van der Waals surface area contributed by atoms with Gasteiger partial charge in [-0.25, -0.2) is 0 Å². The molecule has 2 rings (SSSR count). The van der Waals surface area contributed by atoms with E-state index in [2.05, 4.69) is 31.9 Å². The predicted octanol–water partition coefficient (Wildman–Crippen LogP) is 4.06. The first-order chi connectivity index (χ1) is 24.6. The monoisotopic (exact) mass is 720 g/mol. The van der Waals surface area contributed by atoms with Crippen molar-refractivity contribution in [2.75, 3.05) is 59.3 Å². The molecule has 12 nitrogen and oxygen atoms in total. The van der Waals surface area contributed by atoms with Crippen molar-refractivity contribution >= 4 is 35.4 Å². The average molecular weight is 721 g/mol. The van der Waals surface area contributed by atoms with Gasteiger partial charge in [0.15, 0.2) is 0 Å². The molecule has 0 bridgehead atoms. The number of carbonyl (C=O) groups is 6. The van der Waals surface area contributed by atoms with Crippen molar-refractivity contribution in [1.29, 1.82) is 0 Å². The van der Waals surface area contributed by atoms with Crippen LogP contribution in [0.5, 0.6) is 0 Å². The van der Waals surface area contributed by atoms with Gasteiger partial charge in [-0.1, -0.05) is 20.8 Å². The Balaban J connectivity index is 0.000000514. The van der Waals surface area contributed by atoms with E-state index in [1.807, 2.05) is 20.8 Å². The minimum Gasteiger partial charge on any atom is -0.352 e. The Morgan fingerprint density at radius 3 is 0.706 bits per heavy atom. The second-order valence-corrected chi connectivity index (χ2v) is 11.3. The van der Waals surface area contributed by atoms with Crippen molar-refractivity contribution in [3.05, 3.63) is 69.8 Å². The maximum absolute atomic E-state index is 12.2. The normalized spacial score (nSPS) is 10.2. The molecule has 51 heavy (non-hydrogen) atoms. The van der Waals surface area contributed by atoms with Gasteiger partial charge in [0.25, 0.3) is 35.4 Å². The molecule has 0 aliphatic carbocycles. The molecule has 0 radical (unpaired) electrons. The van der Waals surface area contributed by atoms with E-state index in [9.17, 15) is 41.9 Å². The topological polar surface area (TPSA) is 175 Å². The van der Waals surface area contributed by atoms with Crippen LogP contribution in [0.3, 0.4) is 0 Å². The van der Waals surface area contributed by atoms with E-state index in [1.165, 1.54) is 36.4 Å². The molecule has 282 valence electrons. The Hall–Kier alpha value is -4.95. The number of hydrogen-bond acceptors (Lipinski definition) is 6. The first-order valence-corrected chi connectivity index (χ1v) is 17.2. The van der Waals surface area contributed by atoms with Gasteiger partial charge < -0.3 is 31.9 Å². The second-order valence-electron chi connectivity index (χ2n) is 11.3. The van der Waals surface area contributed by atoms with Crippen molar-refractivity contribution in [3.8, 4) is 0 Å². The van der Waals surface area contributed by atoms with Gasteiger partial charge in [0.2, 0.25) is 0 Å². The van der Waals surface area contributed by atoms with Gasteiger partial charge in [0.05, 0.1) is 20.0 Å². The molecule has 0 aromatic heterocycles. The van der Waals surface area contributed by atoms with Gasteiger partial charge in [0, 0.05) is 72.6 Å². The zero-order valence-corrected chi connectivity index (χ0v) is 29.7. The maximum atomic E-state index is 12.2. The van der Waals surface area contributed by atoms with Gasteiger partial charge in [-0.2, -0.15) is 0 Å². The number of halogens is 3. The molecular weight excluding hydrogens is 669 g/mol. The molecule has 2 aromatic rings. The van der Waals surface area contributed by atoms with Crippen LogP contribution >= 0.6 is 0 Å². The van der Waals surface area contributed by atoms with Gasteiger partial charge in [-0.15, -0.1) is 0 Å². The lowest BCUT2D eigenvalue weighted by atomic mass is 10.0. The standard InChI is InChI=1S/C18H24F3N3O3.C18H27N3O3/c19-4-1-7-22-16(25)13-10-14(17(26)23-8-2-5-20)12-15(11-13)18(27)24-9-3-6-21;1-4-7-19-16(22)13-10-14(17(23)20-8-5-2)12-15(11-13)18(24)21-9-6-3/h10-12H,1-9H2,(H,22,25)(H,23,26)(H,24,27);10-12H,4-9H2,1-3H3,(H,19,22)(H,20,23)(H,21,24). The third kappa shape index (κ3) is 17.0. The van der Waals surface area contributed by atoms with Crippen LogP contribution in [0.4, 0.5) is 13.2 Å². The maximum Gasteiger partial charge on any atom is 0.251 e. The molecule has 0 spiro atoms. The summed E-state index contributed by atoms with van der Waals surface area (Å²) in [7, 11) is 0. The average Bonchev–Trinajstić information content (AvgIpc) is 3.14. The highest BCUT2D eigenvalue weighted by atomic mass is 19.1. The van der Waals surface area contributed by atoms with Crippen LogP contribution in [0.2, 0.25) is 0 Å². The number of nitrogens with one attached hydrogen (secondary N) is 6. The highest BCUT2D eigenvalue weighted by molar-refractivity contribution is 6.05. The summed E-state index contributed by atoms with van der Waals surface area (Å²) in [4.78, 5) is 73.2. The molecule has 6 amide bonds. The smallest absolute Gasteiger partial charge is 0.251 e. The van der Waals surface area contributed by atoms with Gasteiger partial charge in [0.1, 0.15) is 0 Å². The molecule has 0 aliphatic rings. The van der Waals surface area contributed by atoms with Gasteiger partial charge in [-0.3, -0.25) is 41.9 Å². The summed E-state index contributed by atoms with van der Waals surface area (Å²) in [5.41, 5.74) is 1.12. The molecule has 0 heterocycles. The Labute approximate surface area is 297 Å². The van der Waals surface area contributed by atoms with E-state index in [4.69, 9.17) is 0 Å². The number of carbonyl (C=O) groups excluding carboxylic acids is 6. The Kier molecular flexibility index (Phi) is 22.4. The van der Waals surface area contributed by atoms with Crippen LogP contribution in [0.1, 0.15) is 121 Å². The number of alkyl halides is 3. The van der Waals surface area contributed by atoms with E-state index >= 15 is 0 Å². The van der Waals surface area contributed by atoms with Crippen LogP contribution in [-0.2, 0) is 0 Å². The van der Waals surface area contributed by atoms with Gasteiger partial charge >= 0.3 is 0 Å². The number of hydrogen-bond donors (Lipinski definition) is 6. The number of benzene rings is 2. The van der Waals surface area contributed by atoms with E-state index < -0.39 is 37.7 Å². The van der Waals surface area contributed by atoms with E-state index in [0.29, 0.717) is 36.3 Å². The van der Waals surface area contributed by atoms with Crippen LogP contribution in [0, 0.1) is 0 Å². The zero-order valence-electron chi connectivity index (χ0n) is 29.7. The van der Waals surface area contributed by atoms with Crippen molar-refractivity contribution in [3.63, 3.8) is 0 Å². The predicted molar refractivity (Wildman–Crippen MR) is 190 cm³/mol. The van der Waals surface area contributed by atoms with Crippen LogP contribution in [0.15, 0.2) is 36.4 Å². The lowest BCUT2D eigenvalue weighted by molar-refractivity contribution is 0.0930. The molecule has 6 N–H and O–H groups in total. The molecule has 0 saturated carbocycles. The van der Waals surface area contributed by atoms with Crippen LogP contribution in [-0.4, -0.2) is 94.7 Å². The fourth-order valence-corrected chi connectivity index (χ4v) is 4.18. The minimum atomic E-state index is -0.584. The lowest BCUT2D eigenvalue weighted by Crippen LogP contribution is -2.29. The highest BCUT2D eigenvalue weighted by Gasteiger charge is 2.18. The van der Waals surface area contributed by atoms with Gasteiger partial charge in [-0.05, 0) is 74.9 Å². The van der Waals surface area contributed by atoms with Crippen LogP contribution in [0.25, 0.3) is 0 Å². The number of rotatable bonds is 21. The molecule has 2 aromatic carbocycles. The van der Waals surface area contributed by atoms with Crippen molar-refractivity contribution in [1.82, 2.24) is 31.9 Å². The zero-order chi connectivity index (χ0) is 38.0. The SMILES string of the molecule is CCCNC(=O)c1cc(C(=O)NCCC)cc(C(=O)NCCC)c1.O=C(NCCCF)c1cc(C(=O)NCCCF)cc(C(=O)NCCCF)c1. The fraction of sp³-hybridized carbons (Fsp3) is 0.500. The summed E-state index contributed by atoms with van der Waals surface area (Å²) < 4.78 is 36.5. The molecule has 15 heteroatoms. The van der Waals surface area contributed by atoms with Crippen molar-refractivity contribution in [2.24, 2.45) is 0 Å². The Morgan fingerprint density at radius 2 is 0.549 bits per heavy atom. The summed E-state index contributed by atoms with van der Waals surface area (Å²) >= 11 is 0. The van der Waals surface area contributed by atoms with Crippen molar-refractivity contribution < 1.29 is 41.9 Å². The Morgan fingerprint density at radius 1 is 0.373 bits per heavy atom. The first kappa shape index (κ1) is 44.1. The molecule has 0 aliphatic heterocycles. The Bertz CT molecular complexity index is 1250. The quantitative estimate of drug-likeness (QED) is 0.106. The van der Waals surface area contributed by atoms with Crippen LogP contribution < -0.4 is 31.9 Å². The second kappa shape index (κ2) is 25.9. The largest absolute Gasteiger partial charge is 0.352 e. The summed E-state index contributed by atoms with van der Waals surface area (Å²) in [6, 6.07) is 8.46. The van der Waals surface area contributed by atoms with E-state index in [0.717, 1.165) is 19.3 Å². The third-order valence-electron chi connectivity index (χ3n) is 6.83. The third-order valence-corrected chi connectivity index (χ3v) is 6.83. The summed E-state index contributed by atoms with van der Waals surface area (Å²) in [6.07, 6.45) is 2.87. The summed E-state index contributed by atoms with van der Waals surface area (Å²) in [5.74, 6) is -2.52. The summed E-state index contributed by atoms with van der Waals surface area (Å²) in [5, 5.41) is 15.8. The highest BCUT2D eigenvalue weighted by Crippen LogP contribution is 2.13. The first-order valence-electron chi connectivity index (χ1n) is 17.2. The minimum absolute atomic E-state index is 0.0580. The number of amides is 6. The lowest BCUT2D eigenvalue weighted by Gasteiger charge is -2.11. The molecule has 0 atom stereocenters. The summed E-state index contributed by atoms with van der Waals surface area (Å²) in [6.45, 7) is 6.09. The fourth-order valence-electron chi connectivity index (χ4n) is 4.18. The van der Waals surface area contributed by atoms with E-state index in [-0.39, 0.29) is 73.3 Å².